The van der Waals surface area contributed by atoms with Gasteiger partial charge in [-0.25, -0.2) is 9.38 Å². The summed E-state index contributed by atoms with van der Waals surface area (Å²) in [5, 5.41) is 17.8. The van der Waals surface area contributed by atoms with Gasteiger partial charge in [-0.3, -0.25) is 14.4 Å². The third-order valence-electron chi connectivity index (χ3n) is 6.77. The van der Waals surface area contributed by atoms with Crippen molar-refractivity contribution in [2.45, 2.75) is 25.8 Å². The van der Waals surface area contributed by atoms with Crippen LogP contribution in [0.25, 0.3) is 22.2 Å². The summed E-state index contributed by atoms with van der Waals surface area (Å²) in [5.74, 6) is -0.112. The number of piperidine rings is 1. The summed E-state index contributed by atoms with van der Waals surface area (Å²) < 4.78 is 16.5. The molecule has 9 heteroatoms. The number of guanidine groups is 1. The lowest BCUT2D eigenvalue weighted by Gasteiger charge is -2.36. The molecule has 8 nitrogen and oxygen atoms in total. The summed E-state index contributed by atoms with van der Waals surface area (Å²) in [6.45, 7) is 3.40. The maximum Gasteiger partial charge on any atom is 0.216 e. The summed E-state index contributed by atoms with van der Waals surface area (Å²) in [5.41, 5.74) is 3.73. The Balaban J connectivity index is 1.88. The van der Waals surface area contributed by atoms with Gasteiger partial charge in [0.15, 0.2) is 0 Å². The third-order valence-corrected chi connectivity index (χ3v) is 6.77. The first-order chi connectivity index (χ1) is 17.4. The first-order valence-electron chi connectivity index (χ1n) is 11.9. The average molecular weight is 488 g/mol. The normalized spacial score (nSPS) is 15.6. The molecule has 0 atom stereocenters. The predicted octanol–water partition coefficient (Wildman–Crippen LogP) is 3.60. The summed E-state index contributed by atoms with van der Waals surface area (Å²) >= 11 is 0. The summed E-state index contributed by atoms with van der Waals surface area (Å²) in [4.78, 5) is 20.4. The van der Waals surface area contributed by atoms with Crippen LogP contribution in [-0.2, 0) is 11.8 Å². The number of fused-ring (bicyclic) bond motifs is 1. The molecule has 1 aliphatic heterocycles. The van der Waals surface area contributed by atoms with E-state index in [1.807, 2.05) is 45.3 Å². The monoisotopic (exact) mass is 487 g/mol. The molecule has 0 unspecified atom stereocenters. The number of carbonyl (C=O) groups is 1. The van der Waals surface area contributed by atoms with E-state index in [9.17, 15) is 14.4 Å². The van der Waals surface area contributed by atoms with E-state index in [0.717, 1.165) is 54.4 Å². The fraction of sp³-hybridized carbons (Fsp3) is 0.333. The molecule has 1 saturated heterocycles. The summed E-state index contributed by atoms with van der Waals surface area (Å²) in [6, 6.07) is 12.8. The van der Waals surface area contributed by atoms with Crippen LogP contribution >= 0.6 is 0 Å². The zero-order chi connectivity index (χ0) is 25.8. The smallest absolute Gasteiger partial charge is 0.216 e. The van der Waals surface area contributed by atoms with Gasteiger partial charge in [0, 0.05) is 44.2 Å². The van der Waals surface area contributed by atoms with Crippen LogP contribution in [-0.4, -0.2) is 65.2 Å². The number of likely N-dealkylation sites (tertiary alicyclic amines) is 1. The number of allylic oxidation sites excluding steroid dienone is 1. The van der Waals surface area contributed by atoms with Crippen molar-refractivity contribution >= 4 is 34.5 Å². The number of benzene rings is 2. The minimum atomic E-state index is -0.613. The number of aliphatic imine (C=N–C) groups is 1. The van der Waals surface area contributed by atoms with E-state index in [1.165, 1.54) is 17.0 Å². The maximum atomic E-state index is 14.7. The van der Waals surface area contributed by atoms with Crippen LogP contribution in [0.4, 0.5) is 4.39 Å². The lowest BCUT2D eigenvalue weighted by molar-refractivity contribution is -0.114. The standard InChI is InChI=1S/C27H30FN7O/c1-18(19-7-8-25-22(13-19)16-31-34(25)4)26(20-5-6-21(15-29)24(28)14-20)32-27(33(3)17-36)35-11-9-23(30-2)10-12-35/h5-8,13-14,16-17,23,30H,9-12H2,1-4H3/b26-18+,32-27+. The van der Waals surface area contributed by atoms with Crippen molar-refractivity contribution in [3.8, 4) is 6.07 Å². The number of aromatic nitrogens is 2. The van der Waals surface area contributed by atoms with Crippen molar-refractivity contribution in [2.75, 3.05) is 27.2 Å². The van der Waals surface area contributed by atoms with Crippen molar-refractivity contribution < 1.29 is 9.18 Å². The molecular weight excluding hydrogens is 457 g/mol. The number of rotatable bonds is 5. The molecule has 1 aromatic heterocycles. The molecule has 4 rings (SSSR count). The van der Waals surface area contributed by atoms with Gasteiger partial charge in [-0.15, -0.1) is 0 Å². The van der Waals surface area contributed by atoms with Gasteiger partial charge in [0.25, 0.3) is 0 Å². The number of amides is 1. The zero-order valence-electron chi connectivity index (χ0n) is 21.0. The number of aryl methyl sites for hydroxylation is 1. The van der Waals surface area contributed by atoms with Crippen LogP contribution in [0.1, 0.15) is 36.5 Å². The topological polar surface area (TPSA) is 89.5 Å². The molecular formula is C27H30FN7O. The number of hydrogen-bond acceptors (Lipinski definition) is 5. The molecule has 0 aliphatic carbocycles. The molecule has 0 saturated carbocycles. The number of nitriles is 1. The average Bonchev–Trinajstić information content (AvgIpc) is 3.28. The fourth-order valence-corrected chi connectivity index (χ4v) is 4.54. The highest BCUT2D eigenvalue weighted by Crippen LogP contribution is 2.31. The quantitative estimate of drug-likeness (QED) is 0.257. The second kappa shape index (κ2) is 10.7. The van der Waals surface area contributed by atoms with E-state index in [1.54, 1.807) is 24.0 Å². The van der Waals surface area contributed by atoms with Gasteiger partial charge in [0.1, 0.15) is 11.9 Å². The molecule has 36 heavy (non-hydrogen) atoms. The van der Waals surface area contributed by atoms with Crippen LogP contribution in [0.3, 0.4) is 0 Å². The molecule has 0 spiro atoms. The van der Waals surface area contributed by atoms with E-state index < -0.39 is 5.82 Å². The second-order valence-electron chi connectivity index (χ2n) is 9.00. The van der Waals surface area contributed by atoms with Crippen LogP contribution in [0, 0.1) is 17.1 Å². The minimum absolute atomic E-state index is 0.0316. The van der Waals surface area contributed by atoms with Gasteiger partial charge in [0.05, 0.1) is 23.0 Å². The molecule has 1 N–H and O–H groups in total. The highest BCUT2D eigenvalue weighted by atomic mass is 19.1. The maximum absolute atomic E-state index is 14.7. The third kappa shape index (κ3) is 4.99. The zero-order valence-corrected chi connectivity index (χ0v) is 21.0. The van der Waals surface area contributed by atoms with E-state index in [4.69, 9.17) is 4.99 Å². The van der Waals surface area contributed by atoms with Gasteiger partial charge < -0.3 is 10.2 Å². The Bertz CT molecular complexity index is 1380. The van der Waals surface area contributed by atoms with Gasteiger partial charge >= 0.3 is 0 Å². The summed E-state index contributed by atoms with van der Waals surface area (Å²) in [6.07, 6.45) is 4.37. The lowest BCUT2D eigenvalue weighted by Crippen LogP contribution is -2.49. The van der Waals surface area contributed by atoms with Crippen molar-refractivity contribution in [1.82, 2.24) is 24.9 Å². The van der Waals surface area contributed by atoms with Crippen LogP contribution < -0.4 is 5.32 Å². The van der Waals surface area contributed by atoms with Crippen LogP contribution in [0.2, 0.25) is 0 Å². The number of hydrogen-bond donors (Lipinski definition) is 1. The van der Waals surface area contributed by atoms with Crippen LogP contribution in [0.15, 0.2) is 47.6 Å². The first kappa shape index (κ1) is 25.1. The van der Waals surface area contributed by atoms with Gasteiger partial charge in [0.2, 0.25) is 12.4 Å². The van der Waals surface area contributed by atoms with E-state index in [-0.39, 0.29) is 5.56 Å². The molecule has 0 radical (unpaired) electrons. The van der Waals surface area contributed by atoms with Crippen molar-refractivity contribution in [3.63, 3.8) is 0 Å². The molecule has 2 heterocycles. The Labute approximate surface area is 210 Å². The first-order valence-corrected chi connectivity index (χ1v) is 11.9. The number of carbonyl (C=O) groups excluding carboxylic acids is 1. The Hall–Kier alpha value is -4.03. The largest absolute Gasteiger partial charge is 0.342 e. The molecule has 186 valence electrons. The fourth-order valence-electron chi connectivity index (χ4n) is 4.54. The van der Waals surface area contributed by atoms with E-state index >= 15 is 0 Å². The van der Waals surface area contributed by atoms with Crippen LogP contribution in [0.5, 0.6) is 0 Å². The molecule has 1 aliphatic rings. The molecule has 2 aromatic carbocycles. The number of halogens is 1. The van der Waals surface area contributed by atoms with Crippen molar-refractivity contribution in [1.29, 1.82) is 5.26 Å². The van der Waals surface area contributed by atoms with Gasteiger partial charge in [-0.2, -0.15) is 10.4 Å². The van der Waals surface area contributed by atoms with Crippen molar-refractivity contribution in [2.24, 2.45) is 12.0 Å². The summed E-state index contributed by atoms with van der Waals surface area (Å²) in [7, 11) is 5.51. The number of nitrogens with zero attached hydrogens (tertiary/aromatic N) is 6. The minimum Gasteiger partial charge on any atom is -0.342 e. The Morgan fingerprint density at radius 1 is 1.25 bits per heavy atom. The van der Waals surface area contributed by atoms with E-state index in [2.05, 4.69) is 15.3 Å². The van der Waals surface area contributed by atoms with Gasteiger partial charge in [-0.1, -0.05) is 12.1 Å². The highest BCUT2D eigenvalue weighted by Gasteiger charge is 2.24. The predicted molar refractivity (Wildman–Crippen MR) is 139 cm³/mol. The SMILES string of the molecule is CNC1CCN(/C(=N/C(=C(\C)c2ccc3c(cnn3C)c2)c2ccc(C#N)c(F)c2)N(C)C=O)CC1. The van der Waals surface area contributed by atoms with Gasteiger partial charge in [-0.05, 0) is 62.2 Å². The Morgan fingerprint density at radius 3 is 2.61 bits per heavy atom. The molecule has 3 aromatic rings. The molecule has 1 fully saturated rings. The molecule has 1 amide bonds. The highest BCUT2D eigenvalue weighted by molar-refractivity contribution is 5.99. The Morgan fingerprint density at radius 2 is 1.97 bits per heavy atom. The lowest BCUT2D eigenvalue weighted by atomic mass is 9.99. The van der Waals surface area contributed by atoms with Crippen molar-refractivity contribution in [3.05, 3.63) is 65.1 Å². The molecule has 0 bridgehead atoms. The Kier molecular flexibility index (Phi) is 7.46. The van der Waals surface area contributed by atoms with E-state index in [0.29, 0.717) is 23.3 Å². The second-order valence-corrected chi connectivity index (χ2v) is 9.00. The number of nitrogens with one attached hydrogen (secondary N) is 1.